The van der Waals surface area contributed by atoms with E-state index in [1.807, 2.05) is 51.1 Å². The number of amides is 2. The highest BCUT2D eigenvalue weighted by Gasteiger charge is 2.62. The van der Waals surface area contributed by atoms with Gasteiger partial charge in [-0.15, -0.1) is 11.3 Å². The second kappa shape index (κ2) is 16.9. The zero-order valence-corrected chi connectivity index (χ0v) is 33.9. The number of oxime groups is 1. The fraction of sp³-hybridized carbons (Fsp3) is 0.489. The van der Waals surface area contributed by atoms with Crippen molar-refractivity contribution in [1.82, 2.24) is 4.90 Å². The third kappa shape index (κ3) is 8.73. The quantitative estimate of drug-likeness (QED) is 0.0597. The molecular weight excluding hydrogens is 711 g/mol. The van der Waals surface area contributed by atoms with Gasteiger partial charge in [-0.05, 0) is 80.0 Å². The Morgan fingerprint density at radius 2 is 1.84 bits per heavy atom. The lowest BCUT2D eigenvalue weighted by Gasteiger charge is -2.40. The SMILES string of the molecule is CC[C@H]1OC(=O)N(C)C(=O)[C@H](C)C[C@](C)(CC#Cc2ccc(C=NOCC=Cc3cccc4ccccc34)s2)C[C@@H](C)[N+]2=CCCC3C(=O)O[C@@]1(C)[C@H]3[C@H]2C. The van der Waals surface area contributed by atoms with Crippen molar-refractivity contribution < 1.29 is 33.3 Å². The number of carbonyl (C=O) groups excluding carboxylic acids is 3. The van der Waals surface area contributed by atoms with Crippen LogP contribution in [0.3, 0.4) is 0 Å². The van der Waals surface area contributed by atoms with Crippen molar-refractivity contribution in [3.05, 3.63) is 76.0 Å². The van der Waals surface area contributed by atoms with Crippen LogP contribution in [0.2, 0.25) is 0 Å². The van der Waals surface area contributed by atoms with Gasteiger partial charge in [-0.2, -0.15) is 0 Å². The molecule has 0 aliphatic carbocycles. The van der Waals surface area contributed by atoms with Crippen molar-refractivity contribution in [1.29, 1.82) is 0 Å². The number of fused-ring (bicyclic) bond motifs is 2. The standard InChI is InChI=1S/C45H54N3O6S/c1-8-39-45(6)40-32(4)48(25-13-21-38(40)42(50)54-45)31(3)28-44(5,27-30(2)41(49)47(7)43(51)53-39)24-12-19-35-22-23-36(55-35)29-46-52-26-14-18-34-17-11-16-33-15-9-10-20-37(33)34/h9-11,14-18,20,22-23,25,29-32,38-40H,8,13,21,24,26-28H2,1-7H3/q+1/t30-,31-,32-,38?,39-,40+,44+,45-/m1/s1. The Labute approximate surface area is 329 Å². The molecule has 1 aromatic heterocycles. The summed E-state index contributed by atoms with van der Waals surface area (Å²) < 4.78 is 14.6. The predicted octanol–water partition coefficient (Wildman–Crippen LogP) is 8.72. The smallest absolute Gasteiger partial charge is 0.416 e. The van der Waals surface area contributed by atoms with Gasteiger partial charge in [0.15, 0.2) is 11.6 Å². The molecule has 290 valence electrons. The average molecular weight is 765 g/mol. The average Bonchev–Trinajstić information content (AvgIpc) is 3.65. The summed E-state index contributed by atoms with van der Waals surface area (Å²) >= 11 is 1.54. The van der Waals surface area contributed by atoms with Crippen LogP contribution in [0.15, 0.2) is 65.8 Å². The maximum absolute atomic E-state index is 13.7. The normalized spacial score (nSPS) is 30.3. The lowest BCUT2D eigenvalue weighted by molar-refractivity contribution is -0.604. The van der Waals surface area contributed by atoms with E-state index >= 15 is 0 Å². The van der Waals surface area contributed by atoms with Gasteiger partial charge in [0, 0.05) is 37.1 Å². The molecule has 3 aliphatic heterocycles. The monoisotopic (exact) mass is 764 g/mol. The first-order chi connectivity index (χ1) is 26.3. The molecule has 9 nitrogen and oxygen atoms in total. The Morgan fingerprint density at radius 3 is 2.64 bits per heavy atom. The molecule has 8 atom stereocenters. The summed E-state index contributed by atoms with van der Waals surface area (Å²) in [5, 5.41) is 6.56. The van der Waals surface area contributed by atoms with Gasteiger partial charge in [-0.1, -0.05) is 86.3 Å². The van der Waals surface area contributed by atoms with Gasteiger partial charge < -0.3 is 14.3 Å². The molecule has 4 heterocycles. The summed E-state index contributed by atoms with van der Waals surface area (Å²) in [5.41, 5.74) is -0.248. The molecule has 1 unspecified atom stereocenters. The molecule has 2 fully saturated rings. The third-order valence-electron chi connectivity index (χ3n) is 11.8. The molecule has 2 bridgehead atoms. The highest BCUT2D eigenvalue weighted by Crippen LogP contribution is 2.48. The Morgan fingerprint density at radius 1 is 1.05 bits per heavy atom. The second-order valence-electron chi connectivity index (χ2n) is 16.0. The van der Waals surface area contributed by atoms with E-state index in [4.69, 9.17) is 14.3 Å². The van der Waals surface area contributed by atoms with Crippen LogP contribution in [-0.4, -0.2) is 77.3 Å². The number of hydrogen-bond acceptors (Lipinski definition) is 8. The summed E-state index contributed by atoms with van der Waals surface area (Å²) in [6, 6.07) is 18.6. The summed E-state index contributed by atoms with van der Waals surface area (Å²) in [6.07, 6.45) is 10.3. The van der Waals surface area contributed by atoms with E-state index in [-0.39, 0.29) is 41.2 Å². The summed E-state index contributed by atoms with van der Waals surface area (Å²) in [4.78, 5) is 49.0. The Kier molecular flexibility index (Phi) is 12.3. The lowest BCUT2D eigenvalue weighted by Crippen LogP contribution is -2.55. The van der Waals surface area contributed by atoms with Crippen LogP contribution in [0, 0.1) is 35.0 Å². The van der Waals surface area contributed by atoms with E-state index in [0.29, 0.717) is 32.3 Å². The Balaban J connectivity index is 1.16. The summed E-state index contributed by atoms with van der Waals surface area (Å²) in [7, 11) is 1.47. The van der Waals surface area contributed by atoms with Gasteiger partial charge >= 0.3 is 12.1 Å². The van der Waals surface area contributed by atoms with Gasteiger partial charge in [0.2, 0.25) is 5.91 Å². The number of thiophene rings is 1. The Bertz CT molecular complexity index is 2050. The summed E-state index contributed by atoms with van der Waals surface area (Å²) in [6.45, 7) is 12.6. The highest BCUT2D eigenvalue weighted by molar-refractivity contribution is 7.14. The molecule has 2 aromatic carbocycles. The molecule has 2 amide bonds. The van der Waals surface area contributed by atoms with E-state index in [2.05, 4.69) is 85.0 Å². The van der Waals surface area contributed by atoms with E-state index in [1.54, 1.807) is 17.6 Å². The topological polar surface area (TPSA) is 97.5 Å². The van der Waals surface area contributed by atoms with Crippen molar-refractivity contribution in [2.24, 2.45) is 28.3 Å². The molecule has 0 saturated carbocycles. The van der Waals surface area contributed by atoms with Gasteiger partial charge in [0.1, 0.15) is 25.0 Å². The zero-order chi connectivity index (χ0) is 39.3. The van der Waals surface area contributed by atoms with Crippen molar-refractivity contribution in [3.8, 4) is 11.8 Å². The number of imide groups is 1. The fourth-order valence-electron chi connectivity index (χ4n) is 9.32. The van der Waals surface area contributed by atoms with Crippen LogP contribution in [0.5, 0.6) is 0 Å². The zero-order valence-electron chi connectivity index (χ0n) is 33.1. The molecule has 10 heteroatoms. The van der Waals surface area contributed by atoms with Crippen molar-refractivity contribution >= 4 is 58.6 Å². The number of rotatable bonds is 7. The molecule has 2 saturated heterocycles. The molecule has 6 rings (SSSR count). The van der Waals surface area contributed by atoms with E-state index in [0.717, 1.165) is 33.1 Å². The molecular formula is C45H54N3O6S+. The molecule has 0 spiro atoms. The summed E-state index contributed by atoms with van der Waals surface area (Å²) in [5.74, 6) is 5.32. The lowest BCUT2D eigenvalue weighted by atomic mass is 9.72. The van der Waals surface area contributed by atoms with Crippen molar-refractivity contribution in [3.63, 3.8) is 0 Å². The number of hydrogen-bond donors (Lipinski definition) is 0. The van der Waals surface area contributed by atoms with Crippen molar-refractivity contribution in [2.75, 3.05) is 13.7 Å². The highest BCUT2D eigenvalue weighted by atomic mass is 32.1. The number of benzene rings is 2. The third-order valence-corrected chi connectivity index (χ3v) is 12.7. The minimum absolute atomic E-state index is 0.0443. The molecule has 0 N–H and O–H groups in total. The van der Waals surface area contributed by atoms with E-state index in [9.17, 15) is 14.4 Å². The Hall–Kier alpha value is -4.75. The predicted molar refractivity (Wildman–Crippen MR) is 218 cm³/mol. The largest absolute Gasteiger partial charge is 0.455 e. The number of esters is 1. The van der Waals surface area contributed by atoms with Crippen LogP contribution < -0.4 is 0 Å². The maximum Gasteiger partial charge on any atom is 0.416 e. The van der Waals surface area contributed by atoms with Gasteiger partial charge in [-0.3, -0.25) is 14.5 Å². The molecule has 55 heavy (non-hydrogen) atoms. The number of nitrogens with zero attached hydrogens (tertiary/aromatic N) is 3. The first-order valence-corrected chi connectivity index (χ1v) is 20.4. The molecule has 3 aliphatic rings. The number of carbonyl (C=O) groups is 3. The second-order valence-corrected chi connectivity index (χ2v) is 17.1. The van der Waals surface area contributed by atoms with Crippen LogP contribution in [0.4, 0.5) is 4.79 Å². The van der Waals surface area contributed by atoms with Crippen LogP contribution in [-0.2, 0) is 23.9 Å². The number of cyclic esters (lactones) is 1. The van der Waals surface area contributed by atoms with Crippen molar-refractivity contribution in [2.45, 2.75) is 104 Å². The molecule has 0 radical (unpaired) electrons. The maximum atomic E-state index is 13.7. The van der Waals surface area contributed by atoms with Crippen LogP contribution in [0.1, 0.15) is 95.4 Å². The van der Waals surface area contributed by atoms with E-state index in [1.165, 1.54) is 17.8 Å². The van der Waals surface area contributed by atoms with Gasteiger partial charge in [0.25, 0.3) is 0 Å². The molecule has 3 aromatic rings. The first kappa shape index (κ1) is 39.9. The minimum atomic E-state index is -1.03. The van der Waals surface area contributed by atoms with Gasteiger partial charge in [-0.25, -0.2) is 9.37 Å². The minimum Gasteiger partial charge on any atom is -0.455 e. The van der Waals surface area contributed by atoms with Crippen LogP contribution in [0.25, 0.3) is 16.8 Å². The van der Waals surface area contributed by atoms with Gasteiger partial charge in [0.05, 0.1) is 22.9 Å². The number of ether oxygens (including phenoxy) is 2. The fourth-order valence-corrected chi connectivity index (χ4v) is 10.1. The first-order valence-electron chi connectivity index (χ1n) is 19.5. The van der Waals surface area contributed by atoms with Crippen LogP contribution >= 0.6 is 11.3 Å². The van der Waals surface area contributed by atoms with E-state index < -0.39 is 23.7 Å².